The van der Waals surface area contributed by atoms with Crippen LogP contribution in [0.25, 0.3) is 0 Å². The summed E-state index contributed by atoms with van der Waals surface area (Å²) in [6.45, 7) is 8.08. The highest BCUT2D eigenvalue weighted by Gasteiger charge is 2.29. The van der Waals surface area contributed by atoms with Gasteiger partial charge in [0.1, 0.15) is 0 Å². The van der Waals surface area contributed by atoms with Gasteiger partial charge in [0.25, 0.3) is 5.69 Å². The van der Waals surface area contributed by atoms with E-state index in [1.54, 1.807) is 13.0 Å². The molecule has 23 heavy (non-hydrogen) atoms. The topological polar surface area (TPSA) is 93.5 Å². The summed E-state index contributed by atoms with van der Waals surface area (Å²) in [5.74, 6) is 0. The maximum Gasteiger partial charge on any atom is 0.319 e. The molecule has 0 aliphatic carbocycles. The zero-order valence-corrected chi connectivity index (χ0v) is 13.9. The Morgan fingerprint density at radius 3 is 2.65 bits per heavy atom. The number of aryl methyl sites for hydroxylation is 2. The summed E-state index contributed by atoms with van der Waals surface area (Å²) < 4.78 is 5.62. The van der Waals surface area contributed by atoms with E-state index in [1.165, 1.54) is 6.07 Å². The lowest BCUT2D eigenvalue weighted by Gasteiger charge is -2.35. The number of hydrogen-bond donors (Lipinski definition) is 2. The average Bonchev–Trinajstić information content (AvgIpc) is 2.40. The number of carbonyl (C=O) groups is 1. The Labute approximate surface area is 135 Å². The molecule has 1 heterocycles. The first kappa shape index (κ1) is 17.2. The van der Waals surface area contributed by atoms with Crippen molar-refractivity contribution in [2.75, 3.05) is 11.9 Å². The van der Waals surface area contributed by atoms with Crippen molar-refractivity contribution in [1.29, 1.82) is 0 Å². The van der Waals surface area contributed by atoms with E-state index >= 15 is 0 Å². The molecular formula is C16H23N3O4. The summed E-state index contributed by atoms with van der Waals surface area (Å²) >= 11 is 0. The van der Waals surface area contributed by atoms with Gasteiger partial charge in [0.05, 0.1) is 16.2 Å². The number of benzene rings is 1. The van der Waals surface area contributed by atoms with Gasteiger partial charge in [-0.25, -0.2) is 4.79 Å². The minimum Gasteiger partial charge on any atom is -0.375 e. The van der Waals surface area contributed by atoms with Gasteiger partial charge < -0.3 is 15.4 Å². The number of hydrogen-bond acceptors (Lipinski definition) is 4. The Morgan fingerprint density at radius 2 is 2.04 bits per heavy atom. The molecule has 7 nitrogen and oxygen atoms in total. The van der Waals surface area contributed by atoms with Crippen LogP contribution in [-0.4, -0.2) is 29.2 Å². The molecule has 1 fully saturated rings. The van der Waals surface area contributed by atoms with Crippen molar-refractivity contribution in [3.8, 4) is 0 Å². The van der Waals surface area contributed by atoms with Gasteiger partial charge in [0.2, 0.25) is 0 Å². The SMILES string of the molecule is Cc1cc(C)c([N+](=O)[O-])cc1NC(=O)N[C@@H]1CCOC(C)(C)C1. The number of carbonyl (C=O) groups excluding carboxylic acids is 1. The monoisotopic (exact) mass is 321 g/mol. The molecule has 1 atom stereocenters. The second-order valence-corrected chi connectivity index (χ2v) is 6.61. The third kappa shape index (κ3) is 4.41. The van der Waals surface area contributed by atoms with E-state index in [2.05, 4.69) is 10.6 Å². The lowest BCUT2D eigenvalue weighted by atomic mass is 9.94. The number of rotatable bonds is 3. The van der Waals surface area contributed by atoms with Crippen LogP contribution in [0, 0.1) is 24.0 Å². The van der Waals surface area contributed by atoms with Crippen molar-refractivity contribution >= 4 is 17.4 Å². The van der Waals surface area contributed by atoms with Crippen molar-refractivity contribution in [3.63, 3.8) is 0 Å². The molecule has 1 aliphatic rings. The van der Waals surface area contributed by atoms with Gasteiger partial charge in [0.15, 0.2) is 0 Å². The first-order chi connectivity index (χ1) is 10.7. The van der Waals surface area contributed by atoms with E-state index in [9.17, 15) is 14.9 Å². The first-order valence-corrected chi connectivity index (χ1v) is 7.65. The van der Waals surface area contributed by atoms with Crippen LogP contribution < -0.4 is 10.6 Å². The highest BCUT2D eigenvalue weighted by atomic mass is 16.6. The van der Waals surface area contributed by atoms with Gasteiger partial charge in [-0.1, -0.05) is 0 Å². The van der Waals surface area contributed by atoms with Gasteiger partial charge in [-0.3, -0.25) is 10.1 Å². The second-order valence-electron chi connectivity index (χ2n) is 6.61. The second kappa shape index (κ2) is 6.54. The summed E-state index contributed by atoms with van der Waals surface area (Å²) in [6.07, 6.45) is 1.48. The molecule has 1 aromatic rings. The minimum atomic E-state index is -0.446. The number of nitrogens with zero attached hydrogens (tertiary/aromatic N) is 1. The molecule has 1 aliphatic heterocycles. The molecule has 2 amide bonds. The molecule has 0 spiro atoms. The molecule has 0 unspecified atom stereocenters. The van der Waals surface area contributed by atoms with Crippen molar-refractivity contribution in [1.82, 2.24) is 5.32 Å². The quantitative estimate of drug-likeness (QED) is 0.660. The number of ether oxygens (including phenoxy) is 1. The summed E-state index contributed by atoms with van der Waals surface area (Å²) in [5.41, 5.74) is 1.55. The van der Waals surface area contributed by atoms with Gasteiger partial charge in [-0.2, -0.15) is 0 Å². The van der Waals surface area contributed by atoms with Crippen LogP contribution in [0.15, 0.2) is 12.1 Å². The van der Waals surface area contributed by atoms with Crippen molar-refractivity contribution in [3.05, 3.63) is 33.4 Å². The zero-order chi connectivity index (χ0) is 17.2. The van der Waals surface area contributed by atoms with Crippen LogP contribution in [0.3, 0.4) is 0 Å². The normalized spacial score (nSPS) is 19.9. The Bertz CT molecular complexity index is 628. The summed E-state index contributed by atoms with van der Waals surface area (Å²) in [6, 6.07) is 2.78. The van der Waals surface area contributed by atoms with E-state index in [0.29, 0.717) is 17.9 Å². The predicted octanol–water partition coefficient (Wildman–Crippen LogP) is 3.29. The Hall–Kier alpha value is -2.15. The van der Waals surface area contributed by atoms with Crippen LogP contribution in [0.4, 0.5) is 16.2 Å². The van der Waals surface area contributed by atoms with Crippen molar-refractivity contribution in [2.24, 2.45) is 0 Å². The highest BCUT2D eigenvalue weighted by Crippen LogP contribution is 2.27. The Kier molecular flexibility index (Phi) is 4.89. The predicted molar refractivity (Wildman–Crippen MR) is 87.8 cm³/mol. The van der Waals surface area contributed by atoms with Gasteiger partial charge in [-0.15, -0.1) is 0 Å². The average molecular weight is 321 g/mol. The van der Waals surface area contributed by atoms with Gasteiger partial charge in [-0.05, 0) is 52.2 Å². The molecule has 0 saturated carbocycles. The van der Waals surface area contributed by atoms with Gasteiger partial charge in [0, 0.05) is 24.3 Å². The Balaban J connectivity index is 2.05. The summed E-state index contributed by atoms with van der Waals surface area (Å²) in [7, 11) is 0. The van der Waals surface area contributed by atoms with Crippen molar-refractivity contribution in [2.45, 2.75) is 52.2 Å². The van der Waals surface area contributed by atoms with Crippen LogP contribution in [0.1, 0.15) is 37.8 Å². The lowest BCUT2D eigenvalue weighted by Crippen LogP contribution is -2.47. The number of urea groups is 1. The van der Waals surface area contributed by atoms with E-state index in [4.69, 9.17) is 4.74 Å². The van der Waals surface area contributed by atoms with Crippen LogP contribution >= 0.6 is 0 Å². The molecular weight excluding hydrogens is 298 g/mol. The number of nitro groups is 1. The molecule has 7 heteroatoms. The fourth-order valence-electron chi connectivity index (χ4n) is 2.87. The lowest BCUT2D eigenvalue weighted by molar-refractivity contribution is -0.385. The third-order valence-electron chi connectivity index (χ3n) is 4.02. The van der Waals surface area contributed by atoms with E-state index in [0.717, 1.165) is 18.4 Å². The number of nitro benzene ring substituents is 1. The molecule has 2 N–H and O–H groups in total. The maximum atomic E-state index is 12.2. The van der Waals surface area contributed by atoms with Crippen LogP contribution in [0.5, 0.6) is 0 Å². The maximum absolute atomic E-state index is 12.2. The smallest absolute Gasteiger partial charge is 0.319 e. The molecule has 0 radical (unpaired) electrons. The van der Waals surface area contributed by atoms with E-state index in [1.807, 2.05) is 20.8 Å². The third-order valence-corrected chi connectivity index (χ3v) is 4.02. The fraction of sp³-hybridized carbons (Fsp3) is 0.562. The molecule has 1 aromatic carbocycles. The standard InChI is InChI=1S/C16H23N3O4/c1-10-7-11(2)14(19(21)22)8-13(10)18-15(20)17-12-5-6-23-16(3,4)9-12/h7-8,12H,5-6,9H2,1-4H3,(H2,17,18,20)/t12-/m1/s1. The number of anilines is 1. The summed E-state index contributed by atoms with van der Waals surface area (Å²) in [4.78, 5) is 22.8. The van der Waals surface area contributed by atoms with Crippen molar-refractivity contribution < 1.29 is 14.5 Å². The minimum absolute atomic E-state index is 0.00176. The zero-order valence-electron chi connectivity index (χ0n) is 13.9. The molecule has 2 rings (SSSR count). The largest absolute Gasteiger partial charge is 0.375 e. The molecule has 0 aromatic heterocycles. The Morgan fingerprint density at radius 1 is 1.35 bits per heavy atom. The number of nitrogens with one attached hydrogen (secondary N) is 2. The van der Waals surface area contributed by atoms with Gasteiger partial charge >= 0.3 is 6.03 Å². The van der Waals surface area contributed by atoms with Crippen LogP contribution in [-0.2, 0) is 4.74 Å². The summed E-state index contributed by atoms with van der Waals surface area (Å²) in [5, 5.41) is 16.6. The fourth-order valence-corrected chi connectivity index (χ4v) is 2.87. The molecule has 0 bridgehead atoms. The number of amides is 2. The highest BCUT2D eigenvalue weighted by molar-refractivity contribution is 5.90. The first-order valence-electron chi connectivity index (χ1n) is 7.65. The van der Waals surface area contributed by atoms with E-state index in [-0.39, 0.29) is 23.4 Å². The van der Waals surface area contributed by atoms with E-state index < -0.39 is 4.92 Å². The molecule has 126 valence electrons. The molecule has 1 saturated heterocycles. The van der Waals surface area contributed by atoms with Crippen LogP contribution in [0.2, 0.25) is 0 Å².